The van der Waals surface area contributed by atoms with Crippen molar-refractivity contribution in [3.63, 3.8) is 0 Å². The zero-order chi connectivity index (χ0) is 17.8. The molecule has 1 heterocycles. The van der Waals surface area contributed by atoms with Gasteiger partial charge in [0.15, 0.2) is 0 Å². The quantitative estimate of drug-likeness (QED) is 0.748. The summed E-state index contributed by atoms with van der Waals surface area (Å²) in [4.78, 5) is 12.2. The molecular weight excluding hydrogens is 316 g/mol. The number of aromatic nitrogens is 4. The zero-order valence-corrected chi connectivity index (χ0v) is 14.4. The van der Waals surface area contributed by atoms with Gasteiger partial charge < -0.3 is 10.6 Å². The number of carbonyl (C=O) groups excluding carboxylic acids is 1. The van der Waals surface area contributed by atoms with E-state index in [2.05, 4.69) is 26.2 Å². The number of amides is 1. The summed E-state index contributed by atoms with van der Waals surface area (Å²) in [6.45, 7) is 6.17. The number of tetrazole rings is 1. The summed E-state index contributed by atoms with van der Waals surface area (Å²) in [5.41, 5.74) is 5.83. The highest BCUT2D eigenvalue weighted by atomic mass is 16.1. The first-order valence-corrected chi connectivity index (χ1v) is 7.98. The topological polar surface area (TPSA) is 84.7 Å². The van der Waals surface area contributed by atoms with Crippen molar-refractivity contribution in [3.8, 4) is 5.69 Å². The monoisotopic (exact) mass is 336 g/mol. The van der Waals surface area contributed by atoms with Crippen LogP contribution in [0.4, 0.5) is 11.4 Å². The Balaban J connectivity index is 1.61. The van der Waals surface area contributed by atoms with E-state index in [1.54, 1.807) is 11.0 Å². The molecule has 0 radical (unpaired) electrons. The molecule has 0 aliphatic carbocycles. The number of aryl methyl sites for hydroxylation is 3. The summed E-state index contributed by atoms with van der Waals surface area (Å²) in [6.07, 6.45) is 1.55. The molecule has 2 N–H and O–H groups in total. The van der Waals surface area contributed by atoms with Gasteiger partial charge in [-0.1, -0.05) is 17.7 Å². The van der Waals surface area contributed by atoms with Gasteiger partial charge in [0.1, 0.15) is 6.33 Å². The lowest BCUT2D eigenvalue weighted by Crippen LogP contribution is -2.22. The van der Waals surface area contributed by atoms with Crippen molar-refractivity contribution in [3.05, 3.63) is 59.4 Å². The van der Waals surface area contributed by atoms with Crippen LogP contribution in [0.5, 0.6) is 0 Å². The summed E-state index contributed by atoms with van der Waals surface area (Å²) in [7, 11) is 0. The minimum atomic E-state index is -0.0887. The Morgan fingerprint density at radius 3 is 2.60 bits per heavy atom. The first kappa shape index (κ1) is 16.6. The van der Waals surface area contributed by atoms with E-state index in [1.165, 1.54) is 5.56 Å². The van der Waals surface area contributed by atoms with Crippen LogP contribution in [0.25, 0.3) is 5.69 Å². The van der Waals surface area contributed by atoms with Gasteiger partial charge in [-0.15, -0.1) is 5.10 Å². The van der Waals surface area contributed by atoms with Gasteiger partial charge in [0, 0.05) is 11.4 Å². The minimum Gasteiger partial charge on any atom is -0.376 e. The Bertz CT molecular complexity index is 889. The molecule has 0 atom stereocenters. The first-order chi connectivity index (χ1) is 12.0. The van der Waals surface area contributed by atoms with Crippen molar-refractivity contribution >= 4 is 17.3 Å². The Kier molecular flexibility index (Phi) is 4.74. The molecular formula is C18H20N6O. The van der Waals surface area contributed by atoms with Gasteiger partial charge in [-0.2, -0.15) is 0 Å². The van der Waals surface area contributed by atoms with Crippen LogP contribution in [-0.2, 0) is 4.79 Å². The largest absolute Gasteiger partial charge is 0.376 e. The summed E-state index contributed by atoms with van der Waals surface area (Å²) in [6, 6.07) is 11.7. The second kappa shape index (κ2) is 7.12. The van der Waals surface area contributed by atoms with Crippen LogP contribution in [0.15, 0.2) is 42.7 Å². The Hall–Kier alpha value is -3.22. The SMILES string of the molecule is Cc1ccc(NC(=O)CNc2ccc(-n3cnnn3)c(C)c2)c(C)c1. The third-order valence-electron chi connectivity index (χ3n) is 3.90. The normalized spacial score (nSPS) is 10.5. The smallest absolute Gasteiger partial charge is 0.243 e. The molecule has 0 spiro atoms. The number of benzene rings is 2. The average Bonchev–Trinajstić information content (AvgIpc) is 3.10. The third kappa shape index (κ3) is 4.00. The third-order valence-corrected chi connectivity index (χ3v) is 3.90. The van der Waals surface area contributed by atoms with E-state index in [1.807, 2.05) is 57.2 Å². The summed E-state index contributed by atoms with van der Waals surface area (Å²) < 4.78 is 1.60. The number of hydrogen-bond acceptors (Lipinski definition) is 5. The van der Waals surface area contributed by atoms with E-state index in [0.29, 0.717) is 0 Å². The summed E-state index contributed by atoms with van der Waals surface area (Å²) in [5.74, 6) is -0.0887. The zero-order valence-electron chi connectivity index (χ0n) is 14.4. The van der Waals surface area contributed by atoms with Crippen molar-refractivity contribution in [2.75, 3.05) is 17.2 Å². The molecule has 0 saturated carbocycles. The van der Waals surface area contributed by atoms with Crippen molar-refractivity contribution in [2.45, 2.75) is 20.8 Å². The number of nitrogens with one attached hydrogen (secondary N) is 2. The number of nitrogens with zero attached hydrogens (tertiary/aromatic N) is 4. The highest BCUT2D eigenvalue weighted by Crippen LogP contribution is 2.18. The fourth-order valence-corrected chi connectivity index (χ4v) is 2.62. The van der Waals surface area contributed by atoms with Crippen LogP contribution in [0.1, 0.15) is 16.7 Å². The van der Waals surface area contributed by atoms with Crippen molar-refractivity contribution in [2.24, 2.45) is 0 Å². The molecule has 0 aliphatic heterocycles. The molecule has 0 fully saturated rings. The van der Waals surface area contributed by atoms with Crippen LogP contribution in [-0.4, -0.2) is 32.7 Å². The lowest BCUT2D eigenvalue weighted by atomic mass is 10.1. The van der Waals surface area contributed by atoms with E-state index in [0.717, 1.165) is 28.2 Å². The highest BCUT2D eigenvalue weighted by Gasteiger charge is 2.07. The van der Waals surface area contributed by atoms with Crippen LogP contribution in [0.2, 0.25) is 0 Å². The molecule has 2 aromatic carbocycles. The molecule has 1 amide bonds. The Labute approximate surface area is 146 Å². The molecule has 0 bridgehead atoms. The van der Waals surface area contributed by atoms with E-state index < -0.39 is 0 Å². The molecule has 0 aliphatic rings. The van der Waals surface area contributed by atoms with Crippen LogP contribution >= 0.6 is 0 Å². The number of carbonyl (C=O) groups is 1. The molecule has 3 rings (SSSR count). The second-order valence-corrected chi connectivity index (χ2v) is 5.98. The lowest BCUT2D eigenvalue weighted by molar-refractivity contribution is -0.114. The van der Waals surface area contributed by atoms with Gasteiger partial charge in [-0.3, -0.25) is 4.79 Å². The van der Waals surface area contributed by atoms with Gasteiger partial charge in [0.25, 0.3) is 0 Å². The fraction of sp³-hybridized carbons (Fsp3) is 0.222. The molecule has 0 unspecified atom stereocenters. The van der Waals surface area contributed by atoms with Crippen molar-refractivity contribution < 1.29 is 4.79 Å². The summed E-state index contributed by atoms with van der Waals surface area (Å²) in [5, 5.41) is 17.2. The molecule has 7 nitrogen and oxygen atoms in total. The van der Waals surface area contributed by atoms with Gasteiger partial charge >= 0.3 is 0 Å². The van der Waals surface area contributed by atoms with Gasteiger partial charge in [-0.05, 0) is 66.6 Å². The molecule has 1 aromatic heterocycles. The number of rotatable bonds is 5. The maximum Gasteiger partial charge on any atom is 0.243 e. The molecule has 128 valence electrons. The second-order valence-electron chi connectivity index (χ2n) is 5.98. The average molecular weight is 336 g/mol. The number of anilines is 2. The summed E-state index contributed by atoms with van der Waals surface area (Å²) >= 11 is 0. The Morgan fingerprint density at radius 2 is 1.92 bits per heavy atom. The minimum absolute atomic E-state index is 0.0887. The first-order valence-electron chi connectivity index (χ1n) is 7.98. The van der Waals surface area contributed by atoms with E-state index in [4.69, 9.17) is 0 Å². The molecule has 25 heavy (non-hydrogen) atoms. The fourth-order valence-electron chi connectivity index (χ4n) is 2.62. The standard InChI is InChI=1S/C18H20N6O/c1-12-4-6-16(13(2)8-12)21-18(25)10-19-15-5-7-17(14(3)9-15)24-11-20-22-23-24/h4-9,11,19H,10H2,1-3H3,(H,21,25). The maximum atomic E-state index is 12.2. The molecule has 0 saturated heterocycles. The van der Waals surface area contributed by atoms with Gasteiger partial charge in [0.05, 0.1) is 12.2 Å². The maximum absolute atomic E-state index is 12.2. The van der Waals surface area contributed by atoms with Crippen LogP contribution in [0.3, 0.4) is 0 Å². The molecule has 3 aromatic rings. The predicted octanol–water partition coefficient (Wildman–Crippen LogP) is 2.64. The highest BCUT2D eigenvalue weighted by molar-refractivity contribution is 5.94. The molecule has 7 heteroatoms. The Morgan fingerprint density at radius 1 is 1.08 bits per heavy atom. The van der Waals surface area contributed by atoms with Crippen LogP contribution in [0, 0.1) is 20.8 Å². The van der Waals surface area contributed by atoms with Crippen LogP contribution < -0.4 is 10.6 Å². The van der Waals surface area contributed by atoms with Gasteiger partial charge in [0.2, 0.25) is 5.91 Å². The van der Waals surface area contributed by atoms with Gasteiger partial charge in [-0.25, -0.2) is 4.68 Å². The van der Waals surface area contributed by atoms with Crippen molar-refractivity contribution in [1.82, 2.24) is 20.2 Å². The lowest BCUT2D eigenvalue weighted by Gasteiger charge is -2.12. The van der Waals surface area contributed by atoms with E-state index in [-0.39, 0.29) is 12.5 Å². The van der Waals surface area contributed by atoms with Crippen molar-refractivity contribution in [1.29, 1.82) is 0 Å². The number of hydrogen-bond donors (Lipinski definition) is 2. The van der Waals surface area contributed by atoms with E-state index in [9.17, 15) is 4.79 Å². The van der Waals surface area contributed by atoms with E-state index >= 15 is 0 Å². The predicted molar refractivity (Wildman–Crippen MR) is 96.9 cm³/mol.